The predicted octanol–water partition coefficient (Wildman–Crippen LogP) is 4.97. The van der Waals surface area contributed by atoms with Crippen LogP contribution in [0.2, 0.25) is 0 Å². The lowest BCUT2D eigenvalue weighted by molar-refractivity contribution is -0.0845. The molecule has 1 N–H and O–H groups in total. The van der Waals surface area contributed by atoms with Crippen LogP contribution in [0.1, 0.15) is 39.5 Å². The van der Waals surface area contributed by atoms with Crippen LogP contribution in [0.4, 0.5) is 0 Å². The molecule has 0 bridgehead atoms. The van der Waals surface area contributed by atoms with Crippen molar-refractivity contribution in [2.45, 2.75) is 45.1 Å². The minimum atomic E-state index is -0.904. The van der Waals surface area contributed by atoms with Crippen LogP contribution in [0.15, 0.2) is 61.8 Å². The van der Waals surface area contributed by atoms with E-state index in [4.69, 9.17) is 0 Å². The molecule has 1 heteroatoms. The van der Waals surface area contributed by atoms with Gasteiger partial charge in [0, 0.05) is 5.41 Å². The molecule has 0 aromatic rings. The zero-order valence-corrected chi connectivity index (χ0v) is 13.0. The third-order valence-electron chi connectivity index (χ3n) is 4.85. The van der Waals surface area contributed by atoms with Gasteiger partial charge in [0.1, 0.15) is 0 Å². The number of hydrogen-bond donors (Lipinski definition) is 1. The maximum atomic E-state index is 11.5. The Morgan fingerprint density at radius 2 is 1.75 bits per heavy atom. The van der Waals surface area contributed by atoms with E-state index >= 15 is 0 Å². The maximum absolute atomic E-state index is 11.5. The SMILES string of the molecule is C=CCC1(CC=C)[C@H](C(=C)C)CC=C(C)[C@@]1(O)CC=C. The first-order valence-corrected chi connectivity index (χ1v) is 7.27. The fourth-order valence-corrected chi connectivity index (χ4v) is 3.84. The standard InChI is InChI=1S/C19H28O/c1-7-12-18(13-8-2)17(15(4)5)11-10-16(6)19(18,20)14-9-3/h7-10,17,20H,1-4,11-14H2,5-6H3/t17-,19-/m0/s1. The molecule has 0 saturated carbocycles. The van der Waals surface area contributed by atoms with Gasteiger partial charge in [-0.2, -0.15) is 0 Å². The highest BCUT2D eigenvalue weighted by atomic mass is 16.3. The van der Waals surface area contributed by atoms with Crippen molar-refractivity contribution in [3.8, 4) is 0 Å². The molecule has 0 spiro atoms. The lowest BCUT2D eigenvalue weighted by atomic mass is 9.52. The summed E-state index contributed by atoms with van der Waals surface area (Å²) in [5, 5.41) is 11.5. The summed E-state index contributed by atoms with van der Waals surface area (Å²) in [6.45, 7) is 19.9. The van der Waals surface area contributed by atoms with Crippen molar-refractivity contribution in [3.05, 3.63) is 61.8 Å². The summed E-state index contributed by atoms with van der Waals surface area (Å²) in [6, 6.07) is 0. The highest BCUT2D eigenvalue weighted by Crippen LogP contribution is 2.56. The van der Waals surface area contributed by atoms with E-state index < -0.39 is 5.60 Å². The Kier molecular flexibility index (Phi) is 5.35. The Labute approximate surface area is 124 Å². The molecule has 0 fully saturated rings. The van der Waals surface area contributed by atoms with Gasteiger partial charge in [-0.05, 0) is 51.0 Å². The first kappa shape index (κ1) is 16.7. The topological polar surface area (TPSA) is 20.2 Å². The average Bonchev–Trinajstić information content (AvgIpc) is 2.37. The van der Waals surface area contributed by atoms with E-state index in [-0.39, 0.29) is 11.3 Å². The maximum Gasteiger partial charge on any atom is 0.0955 e. The molecular formula is C19H28O. The van der Waals surface area contributed by atoms with Gasteiger partial charge in [-0.15, -0.1) is 19.7 Å². The lowest BCUT2D eigenvalue weighted by Crippen LogP contribution is -2.55. The molecule has 0 radical (unpaired) electrons. The van der Waals surface area contributed by atoms with Crippen LogP contribution in [-0.4, -0.2) is 10.7 Å². The third-order valence-corrected chi connectivity index (χ3v) is 4.85. The fourth-order valence-electron chi connectivity index (χ4n) is 3.84. The third kappa shape index (κ3) is 2.47. The van der Waals surface area contributed by atoms with E-state index in [2.05, 4.69) is 39.3 Å². The number of hydrogen-bond acceptors (Lipinski definition) is 1. The summed E-state index contributed by atoms with van der Waals surface area (Å²) >= 11 is 0. The lowest BCUT2D eigenvalue weighted by Gasteiger charge is -2.55. The Hall–Kier alpha value is -1.34. The fraction of sp³-hybridized carbons (Fsp3) is 0.474. The van der Waals surface area contributed by atoms with Crippen LogP contribution in [0.5, 0.6) is 0 Å². The molecule has 0 aromatic heterocycles. The summed E-state index contributed by atoms with van der Waals surface area (Å²) in [6.07, 6.45) is 10.7. The van der Waals surface area contributed by atoms with Gasteiger partial charge >= 0.3 is 0 Å². The van der Waals surface area contributed by atoms with Crippen molar-refractivity contribution in [1.29, 1.82) is 0 Å². The Morgan fingerprint density at radius 3 is 2.15 bits per heavy atom. The first-order valence-electron chi connectivity index (χ1n) is 7.27. The number of rotatable bonds is 7. The van der Waals surface area contributed by atoms with Crippen molar-refractivity contribution in [2.75, 3.05) is 0 Å². The molecule has 0 aromatic carbocycles. The van der Waals surface area contributed by atoms with Crippen molar-refractivity contribution < 1.29 is 5.11 Å². The molecule has 2 atom stereocenters. The second-order valence-electron chi connectivity index (χ2n) is 6.02. The normalized spacial score (nSPS) is 28.4. The van der Waals surface area contributed by atoms with Gasteiger partial charge in [-0.1, -0.05) is 36.5 Å². The average molecular weight is 272 g/mol. The number of allylic oxidation sites excluding steroid dienone is 4. The van der Waals surface area contributed by atoms with E-state index in [1.54, 1.807) is 6.08 Å². The van der Waals surface area contributed by atoms with Crippen molar-refractivity contribution in [3.63, 3.8) is 0 Å². The second-order valence-corrected chi connectivity index (χ2v) is 6.02. The summed E-state index contributed by atoms with van der Waals surface area (Å²) < 4.78 is 0. The summed E-state index contributed by atoms with van der Waals surface area (Å²) in [7, 11) is 0. The minimum absolute atomic E-state index is 0.229. The van der Waals surface area contributed by atoms with E-state index in [1.807, 2.05) is 19.1 Å². The smallest absolute Gasteiger partial charge is 0.0955 e. The van der Waals surface area contributed by atoms with Gasteiger partial charge < -0.3 is 5.11 Å². The van der Waals surface area contributed by atoms with E-state index in [9.17, 15) is 5.11 Å². The second kappa shape index (κ2) is 6.41. The van der Waals surface area contributed by atoms with Crippen LogP contribution >= 0.6 is 0 Å². The molecule has 0 aliphatic heterocycles. The van der Waals surface area contributed by atoms with E-state index in [0.29, 0.717) is 6.42 Å². The van der Waals surface area contributed by atoms with Gasteiger partial charge in [0.05, 0.1) is 5.60 Å². The molecule has 1 nitrogen and oxygen atoms in total. The molecule has 1 aliphatic rings. The van der Waals surface area contributed by atoms with E-state index in [1.165, 1.54) is 0 Å². The van der Waals surface area contributed by atoms with E-state index in [0.717, 1.165) is 30.4 Å². The van der Waals surface area contributed by atoms with Crippen LogP contribution in [-0.2, 0) is 0 Å². The monoisotopic (exact) mass is 272 g/mol. The summed E-state index contributed by atoms with van der Waals surface area (Å²) in [4.78, 5) is 0. The molecular weight excluding hydrogens is 244 g/mol. The first-order chi connectivity index (χ1) is 9.39. The largest absolute Gasteiger partial charge is 0.385 e. The molecule has 0 amide bonds. The quantitative estimate of drug-likeness (QED) is 0.648. The Morgan fingerprint density at radius 1 is 1.25 bits per heavy atom. The van der Waals surface area contributed by atoms with Crippen LogP contribution in [0.3, 0.4) is 0 Å². The molecule has 110 valence electrons. The van der Waals surface area contributed by atoms with Gasteiger partial charge in [-0.3, -0.25) is 0 Å². The predicted molar refractivity (Wildman–Crippen MR) is 88.5 cm³/mol. The van der Waals surface area contributed by atoms with Crippen LogP contribution < -0.4 is 0 Å². The number of aliphatic hydroxyl groups is 1. The molecule has 1 aliphatic carbocycles. The van der Waals surface area contributed by atoms with Crippen LogP contribution in [0, 0.1) is 11.3 Å². The molecule has 0 unspecified atom stereocenters. The van der Waals surface area contributed by atoms with Gasteiger partial charge in [-0.25, -0.2) is 0 Å². The Balaban J connectivity index is 3.53. The zero-order chi connectivity index (χ0) is 15.4. The van der Waals surface area contributed by atoms with Gasteiger partial charge in [0.15, 0.2) is 0 Å². The zero-order valence-electron chi connectivity index (χ0n) is 13.0. The summed E-state index contributed by atoms with van der Waals surface area (Å²) in [5.41, 5.74) is 0.910. The van der Waals surface area contributed by atoms with Crippen LogP contribution in [0.25, 0.3) is 0 Å². The minimum Gasteiger partial charge on any atom is -0.385 e. The summed E-state index contributed by atoms with van der Waals surface area (Å²) in [5.74, 6) is 0.229. The van der Waals surface area contributed by atoms with Crippen molar-refractivity contribution >= 4 is 0 Å². The van der Waals surface area contributed by atoms with Crippen molar-refractivity contribution in [2.24, 2.45) is 11.3 Å². The van der Waals surface area contributed by atoms with Gasteiger partial charge in [0.2, 0.25) is 0 Å². The molecule has 20 heavy (non-hydrogen) atoms. The molecule has 0 saturated heterocycles. The molecule has 0 heterocycles. The van der Waals surface area contributed by atoms with Gasteiger partial charge in [0.25, 0.3) is 0 Å². The molecule has 1 rings (SSSR count). The van der Waals surface area contributed by atoms with Crippen molar-refractivity contribution in [1.82, 2.24) is 0 Å². The highest BCUT2D eigenvalue weighted by molar-refractivity contribution is 5.32. The highest BCUT2D eigenvalue weighted by Gasteiger charge is 2.55. The Bertz CT molecular complexity index is 431.